The number of nitrogens with one attached hydrogen (secondary N) is 1. The number of nitrogens with zero attached hydrogens (tertiary/aromatic N) is 3. The van der Waals surface area contributed by atoms with Crippen LogP contribution in [0, 0.1) is 0 Å². The zero-order valence-electron chi connectivity index (χ0n) is 19.0. The van der Waals surface area contributed by atoms with Crippen LogP contribution in [0.25, 0.3) is 11.2 Å². The highest BCUT2D eigenvalue weighted by atomic mass is 31.2. The number of anilines is 1. The molecule has 0 radical (unpaired) electrons. The summed E-state index contributed by atoms with van der Waals surface area (Å²) >= 11 is 0. The number of aliphatic hydroxyl groups excluding tert-OH is 2. The van der Waals surface area contributed by atoms with Gasteiger partial charge in [-0.3, -0.25) is 41.9 Å². The van der Waals surface area contributed by atoms with Crippen LogP contribution in [0.1, 0.15) is 6.23 Å². The van der Waals surface area contributed by atoms with Crippen molar-refractivity contribution in [1.29, 1.82) is 0 Å². The molecule has 1 aliphatic heterocycles. The normalized spacial score (nSPS) is 27.6. The Hall–Kier alpha value is -1.67. The van der Waals surface area contributed by atoms with E-state index in [0.717, 1.165) is 18.0 Å². The van der Waals surface area contributed by atoms with Gasteiger partial charge in [-0.15, -0.1) is 4.20 Å². The van der Waals surface area contributed by atoms with E-state index < -0.39 is 79.6 Å². The number of aliphatic hydroxyl groups is 2. The summed E-state index contributed by atoms with van der Waals surface area (Å²) in [6, 6.07) is 0. The van der Waals surface area contributed by atoms with E-state index in [2.05, 4.69) is 33.0 Å². The van der Waals surface area contributed by atoms with Gasteiger partial charge in [-0.05, 0) is 0 Å². The van der Waals surface area contributed by atoms with Crippen LogP contribution in [0.15, 0.2) is 11.1 Å². The van der Waals surface area contributed by atoms with Crippen LogP contribution in [0.4, 0.5) is 10.1 Å². The number of hydrogen-bond donors (Lipinski definition) is 7. The highest BCUT2D eigenvalue weighted by molar-refractivity contribution is 7.47. The summed E-state index contributed by atoms with van der Waals surface area (Å²) in [6.07, 6.45) is -7.07. The van der Waals surface area contributed by atoms with Crippen molar-refractivity contribution in [2.24, 2.45) is 0 Å². The summed E-state index contributed by atoms with van der Waals surface area (Å²) in [5, 5.41) is 20.7. The molecule has 2 aromatic heterocycles. The summed E-state index contributed by atoms with van der Waals surface area (Å²) in [4.78, 5) is 49.7. The summed E-state index contributed by atoms with van der Waals surface area (Å²) < 4.78 is 75.8. The van der Waals surface area contributed by atoms with Gasteiger partial charge in [0.25, 0.3) is 5.56 Å². The zero-order chi connectivity index (χ0) is 28.5. The Kier molecular flexibility index (Phi) is 9.61. The first kappa shape index (κ1) is 30.9. The molecule has 1 fully saturated rings. The third-order valence-electron chi connectivity index (χ3n) is 4.82. The van der Waals surface area contributed by atoms with E-state index in [0.29, 0.717) is 0 Å². The largest absolute Gasteiger partial charge is 0.510 e. The number of aromatic nitrogens is 4. The minimum Gasteiger partial charge on any atom is -0.387 e. The van der Waals surface area contributed by atoms with E-state index in [4.69, 9.17) is 19.9 Å². The molecule has 1 saturated heterocycles. The maximum Gasteiger partial charge on any atom is 0.510 e. The molecule has 0 aromatic carbocycles. The van der Waals surface area contributed by atoms with Crippen LogP contribution in [-0.4, -0.2) is 95.8 Å². The molecular formula is C14H23FN5O15P3. The lowest BCUT2D eigenvalue weighted by Gasteiger charge is -2.21. The predicted molar refractivity (Wildman–Crippen MR) is 119 cm³/mol. The highest BCUT2D eigenvalue weighted by Gasteiger charge is 2.45. The monoisotopic (exact) mass is 613 g/mol. The molecule has 216 valence electrons. The number of H-pyrrole nitrogens is 1. The lowest BCUT2D eigenvalue weighted by molar-refractivity contribution is -0.0525. The van der Waals surface area contributed by atoms with E-state index in [1.807, 2.05) is 0 Å². The number of rotatable bonds is 13. The fourth-order valence-electron chi connectivity index (χ4n) is 3.13. The second kappa shape index (κ2) is 11.8. The molecule has 0 bridgehead atoms. The average molecular weight is 613 g/mol. The van der Waals surface area contributed by atoms with Gasteiger partial charge >= 0.3 is 23.6 Å². The summed E-state index contributed by atoms with van der Waals surface area (Å²) in [7, 11) is -14.6. The van der Waals surface area contributed by atoms with Crippen LogP contribution in [0.3, 0.4) is 0 Å². The Labute approximate surface area is 210 Å². The standard InChI is InChI=1S/C14H23FN5O15P3/c1-30-37(26,27)31-2-6(35-36(15,24)25)3-32-38(28,29)33-4-7-9(21)10(22)13(34-7)20-5-17-8-11(20)18-14(16)19-12(8)23/h5-7,9-10,13,21-22H,2-4H2,1H3,(H,24,25)(H,26,27)(H,28,29)(H3,16,18,19,23)/t6?,7-,9-,10-,13-/m1/s1. The van der Waals surface area contributed by atoms with Crippen molar-refractivity contribution >= 4 is 40.7 Å². The molecule has 2 aromatic rings. The number of nitrogens with two attached hydrogens (primary N) is 1. The Morgan fingerprint density at radius 2 is 1.79 bits per heavy atom. The Morgan fingerprint density at radius 3 is 2.39 bits per heavy atom. The minimum absolute atomic E-state index is 0.0940. The van der Waals surface area contributed by atoms with E-state index in [1.165, 1.54) is 0 Å². The Morgan fingerprint density at radius 1 is 1.16 bits per heavy atom. The van der Waals surface area contributed by atoms with Crippen LogP contribution in [-0.2, 0) is 41.1 Å². The number of imidazole rings is 1. The molecule has 20 nitrogen and oxygen atoms in total. The lowest BCUT2D eigenvalue weighted by Crippen LogP contribution is -2.33. The van der Waals surface area contributed by atoms with Crippen molar-refractivity contribution in [3.8, 4) is 0 Å². The molecule has 8 atom stereocenters. The van der Waals surface area contributed by atoms with E-state index in [1.54, 1.807) is 0 Å². The first-order valence-electron chi connectivity index (χ1n) is 10.1. The molecule has 0 spiro atoms. The maximum atomic E-state index is 13.0. The number of aromatic amines is 1. The fraction of sp³-hybridized carbons (Fsp3) is 0.643. The molecule has 1 aliphatic rings. The number of halogens is 1. The molecule has 3 heterocycles. The summed E-state index contributed by atoms with van der Waals surface area (Å²) in [5.74, 6) is -0.266. The Bertz CT molecular complexity index is 1330. The summed E-state index contributed by atoms with van der Waals surface area (Å²) in [5.41, 5.74) is 4.59. The number of fused-ring (bicyclic) bond motifs is 1. The van der Waals surface area contributed by atoms with Crippen LogP contribution in [0.2, 0.25) is 0 Å². The molecule has 3 rings (SSSR count). The third kappa shape index (κ3) is 7.93. The summed E-state index contributed by atoms with van der Waals surface area (Å²) in [6.45, 7) is -3.12. The number of phosphoric acid groups is 2. The van der Waals surface area contributed by atoms with Crippen molar-refractivity contribution in [2.45, 2.75) is 30.6 Å². The first-order valence-corrected chi connectivity index (χ1v) is 14.6. The van der Waals surface area contributed by atoms with Gasteiger partial charge in [0.2, 0.25) is 5.95 Å². The van der Waals surface area contributed by atoms with E-state index in [-0.39, 0.29) is 17.1 Å². The minimum atomic E-state index is -5.70. The van der Waals surface area contributed by atoms with Gasteiger partial charge in [0.05, 0.1) is 26.1 Å². The van der Waals surface area contributed by atoms with E-state index >= 15 is 0 Å². The average Bonchev–Trinajstić information content (AvgIpc) is 3.35. The van der Waals surface area contributed by atoms with Crippen LogP contribution >= 0.6 is 23.6 Å². The topological polar surface area (TPSA) is 297 Å². The molecule has 0 aliphatic carbocycles. The molecule has 8 N–H and O–H groups in total. The quantitative estimate of drug-likeness (QED) is 0.129. The predicted octanol–water partition coefficient (Wildman–Crippen LogP) is -1.33. The van der Waals surface area contributed by atoms with Crippen molar-refractivity contribution in [1.82, 2.24) is 19.5 Å². The number of ether oxygens (including phenoxy) is 1. The van der Waals surface area contributed by atoms with Gasteiger partial charge in [0.15, 0.2) is 17.4 Å². The number of hydrogen-bond acceptors (Lipinski definition) is 15. The van der Waals surface area contributed by atoms with Crippen molar-refractivity contribution in [3.63, 3.8) is 0 Å². The van der Waals surface area contributed by atoms with Gasteiger partial charge in [0, 0.05) is 7.11 Å². The van der Waals surface area contributed by atoms with E-state index in [9.17, 15) is 42.7 Å². The van der Waals surface area contributed by atoms with Crippen LogP contribution in [0.5, 0.6) is 0 Å². The second-order valence-corrected chi connectivity index (χ2v) is 11.6. The SMILES string of the molecule is COP(=O)(O)OCC(COP(=O)(O)OC[C@H]1O[C@@H](n2cnc3c(=O)[nH]c(N)nc32)[C@H](O)[C@@H]1O)OP(=O)(O)F. The number of phosphoric ester groups is 2. The maximum absolute atomic E-state index is 13.0. The molecule has 0 amide bonds. The van der Waals surface area contributed by atoms with Crippen molar-refractivity contribution in [3.05, 3.63) is 16.7 Å². The van der Waals surface area contributed by atoms with Gasteiger partial charge in [0.1, 0.15) is 24.4 Å². The first-order chi connectivity index (χ1) is 17.5. The molecule has 0 saturated carbocycles. The van der Waals surface area contributed by atoms with Crippen LogP contribution < -0.4 is 11.3 Å². The van der Waals surface area contributed by atoms with Crippen molar-refractivity contribution in [2.75, 3.05) is 32.7 Å². The molecule has 38 heavy (non-hydrogen) atoms. The molecular weight excluding hydrogens is 590 g/mol. The lowest BCUT2D eigenvalue weighted by atomic mass is 10.1. The Balaban J connectivity index is 1.63. The van der Waals surface area contributed by atoms with Gasteiger partial charge in [-0.1, -0.05) is 0 Å². The van der Waals surface area contributed by atoms with Gasteiger partial charge < -0.3 is 30.5 Å². The second-order valence-electron chi connectivity index (χ2n) is 7.51. The van der Waals surface area contributed by atoms with Crippen molar-refractivity contribution < 1.29 is 70.1 Å². The zero-order valence-corrected chi connectivity index (χ0v) is 21.7. The van der Waals surface area contributed by atoms with Gasteiger partial charge in [-0.25, -0.2) is 18.7 Å². The smallest absolute Gasteiger partial charge is 0.387 e. The molecule has 4 unspecified atom stereocenters. The fourth-order valence-corrected chi connectivity index (χ4v) is 4.85. The third-order valence-corrected chi connectivity index (χ3v) is 7.27. The highest BCUT2D eigenvalue weighted by Crippen LogP contribution is 2.49. The number of nitrogen functional groups attached to an aromatic ring is 1. The van der Waals surface area contributed by atoms with Gasteiger partial charge in [-0.2, -0.15) is 4.98 Å². The molecule has 24 heteroatoms.